The maximum atomic E-state index is 10.7. The molecule has 0 aliphatic heterocycles. The van der Waals surface area contributed by atoms with E-state index in [1.54, 1.807) is 19.3 Å². The highest BCUT2D eigenvalue weighted by atomic mass is 16.4. The summed E-state index contributed by atoms with van der Waals surface area (Å²) in [7, 11) is 0. The van der Waals surface area contributed by atoms with Crippen LogP contribution in [-0.4, -0.2) is 16.1 Å². The van der Waals surface area contributed by atoms with Crippen LogP contribution in [0.15, 0.2) is 24.5 Å². The molecule has 0 fully saturated rings. The first kappa shape index (κ1) is 9.71. The number of hydrogen-bond donors (Lipinski definition) is 1. The summed E-state index contributed by atoms with van der Waals surface area (Å²) in [6, 6.07) is 3.70. The predicted octanol–water partition coefficient (Wildman–Crippen LogP) is 1.91. The molecule has 0 saturated carbocycles. The van der Waals surface area contributed by atoms with Crippen molar-refractivity contribution in [3.05, 3.63) is 30.1 Å². The molecule has 0 bridgehead atoms. The lowest BCUT2D eigenvalue weighted by Gasteiger charge is -2.15. The second kappa shape index (κ2) is 4.03. The molecule has 3 nitrogen and oxygen atoms in total. The Morgan fingerprint density at radius 3 is 2.38 bits per heavy atom. The fraction of sp³-hybridized carbons (Fsp3) is 0.400. The van der Waals surface area contributed by atoms with E-state index in [1.807, 2.05) is 19.1 Å². The molecule has 3 heteroatoms. The van der Waals surface area contributed by atoms with Gasteiger partial charge in [0.2, 0.25) is 0 Å². The van der Waals surface area contributed by atoms with Gasteiger partial charge in [-0.3, -0.25) is 9.78 Å². The number of carboxylic acid groups (broad SMARTS) is 1. The molecule has 2 atom stereocenters. The lowest BCUT2D eigenvalue weighted by Crippen LogP contribution is -2.16. The molecule has 0 spiro atoms. The van der Waals surface area contributed by atoms with Crippen LogP contribution in [0.4, 0.5) is 0 Å². The van der Waals surface area contributed by atoms with Crippen LogP contribution >= 0.6 is 0 Å². The zero-order chi connectivity index (χ0) is 9.84. The van der Waals surface area contributed by atoms with Crippen LogP contribution in [-0.2, 0) is 4.79 Å². The number of hydrogen-bond acceptors (Lipinski definition) is 2. The van der Waals surface area contributed by atoms with Gasteiger partial charge in [-0.25, -0.2) is 0 Å². The van der Waals surface area contributed by atoms with Gasteiger partial charge in [0.1, 0.15) is 0 Å². The minimum atomic E-state index is -0.760. The number of aromatic nitrogens is 1. The highest BCUT2D eigenvalue weighted by Crippen LogP contribution is 2.23. The smallest absolute Gasteiger partial charge is 0.306 e. The van der Waals surface area contributed by atoms with Gasteiger partial charge in [0.25, 0.3) is 0 Å². The average molecular weight is 179 g/mol. The van der Waals surface area contributed by atoms with Gasteiger partial charge in [-0.2, -0.15) is 0 Å². The highest BCUT2D eigenvalue weighted by Gasteiger charge is 2.20. The summed E-state index contributed by atoms with van der Waals surface area (Å²) in [4.78, 5) is 14.6. The normalized spacial score (nSPS) is 14.9. The third-order valence-corrected chi connectivity index (χ3v) is 2.37. The van der Waals surface area contributed by atoms with Gasteiger partial charge in [-0.15, -0.1) is 0 Å². The number of carbonyl (C=O) groups is 1. The fourth-order valence-electron chi connectivity index (χ4n) is 1.17. The largest absolute Gasteiger partial charge is 0.481 e. The van der Waals surface area contributed by atoms with Crippen LogP contribution in [0.3, 0.4) is 0 Å². The van der Waals surface area contributed by atoms with Crippen molar-refractivity contribution < 1.29 is 9.90 Å². The van der Waals surface area contributed by atoms with Gasteiger partial charge in [-0.1, -0.05) is 13.8 Å². The first-order valence-electron chi connectivity index (χ1n) is 4.25. The van der Waals surface area contributed by atoms with E-state index >= 15 is 0 Å². The molecule has 70 valence electrons. The molecule has 0 aliphatic rings. The number of aliphatic carboxylic acids is 1. The summed E-state index contributed by atoms with van der Waals surface area (Å²) in [6.45, 7) is 3.63. The first-order valence-corrected chi connectivity index (χ1v) is 4.25. The molecule has 2 unspecified atom stereocenters. The zero-order valence-corrected chi connectivity index (χ0v) is 7.77. The van der Waals surface area contributed by atoms with Crippen LogP contribution in [0.2, 0.25) is 0 Å². The summed E-state index contributed by atoms with van der Waals surface area (Å²) >= 11 is 0. The SMILES string of the molecule is CC(C(=O)O)C(C)c1ccncc1. The Labute approximate surface area is 77.4 Å². The topological polar surface area (TPSA) is 50.2 Å². The van der Waals surface area contributed by atoms with E-state index in [9.17, 15) is 4.79 Å². The van der Waals surface area contributed by atoms with E-state index in [-0.39, 0.29) is 11.8 Å². The summed E-state index contributed by atoms with van der Waals surface area (Å²) < 4.78 is 0. The summed E-state index contributed by atoms with van der Waals surface area (Å²) in [5.74, 6) is -1.09. The Morgan fingerprint density at radius 2 is 1.92 bits per heavy atom. The number of rotatable bonds is 3. The van der Waals surface area contributed by atoms with Gasteiger partial charge in [0.15, 0.2) is 0 Å². The Balaban J connectivity index is 2.79. The van der Waals surface area contributed by atoms with E-state index in [0.717, 1.165) is 5.56 Å². The minimum Gasteiger partial charge on any atom is -0.481 e. The van der Waals surface area contributed by atoms with Gasteiger partial charge in [0.05, 0.1) is 5.92 Å². The molecule has 0 radical (unpaired) electrons. The second-order valence-corrected chi connectivity index (χ2v) is 3.20. The summed E-state index contributed by atoms with van der Waals surface area (Å²) in [5, 5.41) is 8.80. The summed E-state index contributed by atoms with van der Waals surface area (Å²) in [5.41, 5.74) is 1.02. The number of carboxylic acids is 1. The molecule has 0 aromatic carbocycles. The Bertz CT molecular complexity index is 284. The van der Waals surface area contributed by atoms with Gasteiger partial charge < -0.3 is 5.11 Å². The van der Waals surface area contributed by atoms with Crippen molar-refractivity contribution in [1.29, 1.82) is 0 Å². The van der Waals surface area contributed by atoms with Crippen molar-refractivity contribution in [2.45, 2.75) is 19.8 Å². The van der Waals surface area contributed by atoms with Crippen molar-refractivity contribution in [1.82, 2.24) is 4.98 Å². The molecule has 1 aromatic rings. The van der Waals surface area contributed by atoms with Crippen molar-refractivity contribution >= 4 is 5.97 Å². The minimum absolute atomic E-state index is 0.0282. The molecule has 0 aliphatic carbocycles. The second-order valence-electron chi connectivity index (χ2n) is 3.20. The number of nitrogens with zero attached hydrogens (tertiary/aromatic N) is 1. The fourth-order valence-corrected chi connectivity index (χ4v) is 1.17. The quantitative estimate of drug-likeness (QED) is 0.771. The zero-order valence-electron chi connectivity index (χ0n) is 7.77. The van der Waals surface area contributed by atoms with Crippen molar-refractivity contribution in [2.75, 3.05) is 0 Å². The lowest BCUT2D eigenvalue weighted by molar-refractivity contribution is -0.141. The predicted molar refractivity (Wildman–Crippen MR) is 49.5 cm³/mol. The Hall–Kier alpha value is -1.38. The van der Waals surface area contributed by atoms with E-state index in [0.29, 0.717) is 0 Å². The van der Waals surface area contributed by atoms with E-state index in [1.165, 1.54) is 0 Å². The standard InChI is InChI=1S/C10H13NO2/c1-7(8(2)10(12)13)9-3-5-11-6-4-9/h3-8H,1-2H3,(H,12,13). The monoisotopic (exact) mass is 179 g/mol. The van der Waals surface area contributed by atoms with Crippen LogP contribution in [0.5, 0.6) is 0 Å². The lowest BCUT2D eigenvalue weighted by atomic mass is 9.90. The van der Waals surface area contributed by atoms with Crippen LogP contribution in [0.25, 0.3) is 0 Å². The molecule has 1 aromatic heterocycles. The molecule has 1 heterocycles. The maximum absolute atomic E-state index is 10.7. The molecule has 0 amide bonds. The molecular weight excluding hydrogens is 166 g/mol. The van der Waals surface area contributed by atoms with Gasteiger partial charge >= 0.3 is 5.97 Å². The van der Waals surface area contributed by atoms with E-state index < -0.39 is 5.97 Å². The average Bonchev–Trinajstić information content (AvgIpc) is 2.17. The van der Waals surface area contributed by atoms with Crippen molar-refractivity contribution in [3.8, 4) is 0 Å². The van der Waals surface area contributed by atoms with E-state index in [4.69, 9.17) is 5.11 Å². The highest BCUT2D eigenvalue weighted by molar-refractivity contribution is 5.70. The molecule has 1 rings (SSSR count). The van der Waals surface area contributed by atoms with Crippen LogP contribution in [0, 0.1) is 5.92 Å². The Morgan fingerprint density at radius 1 is 1.38 bits per heavy atom. The molecule has 1 N–H and O–H groups in total. The molecule has 0 saturated heterocycles. The van der Waals surface area contributed by atoms with Crippen molar-refractivity contribution in [2.24, 2.45) is 5.92 Å². The van der Waals surface area contributed by atoms with Gasteiger partial charge in [-0.05, 0) is 23.6 Å². The van der Waals surface area contributed by atoms with Gasteiger partial charge in [0, 0.05) is 12.4 Å². The van der Waals surface area contributed by atoms with Crippen molar-refractivity contribution in [3.63, 3.8) is 0 Å². The summed E-state index contributed by atoms with van der Waals surface area (Å²) in [6.07, 6.45) is 3.36. The third kappa shape index (κ3) is 2.28. The maximum Gasteiger partial charge on any atom is 0.306 e. The van der Waals surface area contributed by atoms with E-state index in [2.05, 4.69) is 4.98 Å². The Kier molecular flexibility index (Phi) is 3.01. The first-order chi connectivity index (χ1) is 6.13. The number of pyridine rings is 1. The van der Waals surface area contributed by atoms with Crippen LogP contribution in [0.1, 0.15) is 25.3 Å². The molecule has 13 heavy (non-hydrogen) atoms. The molecular formula is C10H13NO2. The third-order valence-electron chi connectivity index (χ3n) is 2.37. The van der Waals surface area contributed by atoms with Crippen LogP contribution < -0.4 is 0 Å².